The predicted molar refractivity (Wildman–Crippen MR) is 113 cm³/mol. The Balaban J connectivity index is 5.24. The maximum Gasteiger partial charge on any atom is 0.326 e. The van der Waals surface area contributed by atoms with Gasteiger partial charge in [0.1, 0.15) is 18.1 Å². The summed E-state index contributed by atoms with van der Waals surface area (Å²) in [6.07, 6.45) is -0.602. The van der Waals surface area contributed by atoms with Crippen LogP contribution in [-0.4, -0.2) is 87.4 Å². The maximum atomic E-state index is 12.5. The van der Waals surface area contributed by atoms with Crippen molar-refractivity contribution in [1.82, 2.24) is 16.0 Å². The van der Waals surface area contributed by atoms with E-state index in [2.05, 4.69) is 28.6 Å². The highest BCUT2D eigenvalue weighted by Gasteiger charge is 2.31. The van der Waals surface area contributed by atoms with Crippen molar-refractivity contribution in [3.63, 3.8) is 0 Å². The Morgan fingerprint density at radius 2 is 1.25 bits per heavy atom. The molecule has 3 amide bonds. The lowest BCUT2D eigenvalue weighted by Gasteiger charge is -2.23. The van der Waals surface area contributed by atoms with Crippen LogP contribution in [0.3, 0.4) is 0 Å². The van der Waals surface area contributed by atoms with Crippen LogP contribution in [0.4, 0.5) is 0 Å². The van der Waals surface area contributed by atoms with Gasteiger partial charge in [0.25, 0.3) is 0 Å². The minimum absolute atomic E-state index is 0.0444. The average Bonchev–Trinajstić information content (AvgIpc) is 2.69. The first-order valence-corrected chi connectivity index (χ1v) is 10.2. The number of amides is 3. The number of carboxylic acid groups (broad SMARTS) is 3. The molecular formula is C17H29N5O9S. The smallest absolute Gasteiger partial charge is 0.326 e. The first kappa shape index (κ1) is 29.1. The molecule has 0 aromatic carbocycles. The Kier molecular flexibility index (Phi) is 13.6. The first-order valence-electron chi connectivity index (χ1n) is 9.56. The summed E-state index contributed by atoms with van der Waals surface area (Å²) in [7, 11) is 0. The fraction of sp³-hybridized carbons (Fsp3) is 0.647. The van der Waals surface area contributed by atoms with Crippen LogP contribution < -0.4 is 27.4 Å². The minimum Gasteiger partial charge on any atom is -0.481 e. The van der Waals surface area contributed by atoms with E-state index in [-0.39, 0.29) is 12.2 Å². The summed E-state index contributed by atoms with van der Waals surface area (Å²) < 4.78 is 0. The molecule has 0 saturated heterocycles. The zero-order chi connectivity index (χ0) is 24.8. The van der Waals surface area contributed by atoms with E-state index < -0.39 is 72.6 Å². The second-order valence-corrected chi connectivity index (χ2v) is 7.16. The van der Waals surface area contributed by atoms with Gasteiger partial charge in [-0.3, -0.25) is 24.0 Å². The van der Waals surface area contributed by atoms with Crippen molar-refractivity contribution in [2.24, 2.45) is 11.5 Å². The van der Waals surface area contributed by atoms with Crippen molar-refractivity contribution < 1.29 is 44.1 Å². The van der Waals surface area contributed by atoms with Gasteiger partial charge in [-0.25, -0.2) is 4.79 Å². The van der Waals surface area contributed by atoms with Gasteiger partial charge in [0.2, 0.25) is 17.7 Å². The molecule has 0 radical (unpaired) electrons. The van der Waals surface area contributed by atoms with E-state index in [9.17, 15) is 33.9 Å². The lowest BCUT2D eigenvalue weighted by Crippen LogP contribution is -2.58. The highest BCUT2D eigenvalue weighted by atomic mass is 32.1. The summed E-state index contributed by atoms with van der Waals surface area (Å²) >= 11 is 3.90. The third kappa shape index (κ3) is 11.5. The van der Waals surface area contributed by atoms with Crippen LogP contribution in [0, 0.1) is 0 Å². The molecule has 0 aromatic rings. The van der Waals surface area contributed by atoms with Crippen molar-refractivity contribution in [3.8, 4) is 0 Å². The van der Waals surface area contributed by atoms with Gasteiger partial charge in [0.05, 0.1) is 18.9 Å². The fourth-order valence-electron chi connectivity index (χ4n) is 2.43. The molecule has 182 valence electrons. The summed E-state index contributed by atoms with van der Waals surface area (Å²) in [5.41, 5.74) is 10.8. The molecule has 32 heavy (non-hydrogen) atoms. The average molecular weight is 480 g/mol. The van der Waals surface area contributed by atoms with Crippen molar-refractivity contribution >= 4 is 48.3 Å². The van der Waals surface area contributed by atoms with E-state index in [1.54, 1.807) is 0 Å². The molecule has 0 fully saturated rings. The van der Waals surface area contributed by atoms with Crippen molar-refractivity contribution in [1.29, 1.82) is 0 Å². The molecule has 0 saturated carbocycles. The first-order chi connectivity index (χ1) is 14.9. The molecule has 10 N–H and O–H groups in total. The topological polar surface area (TPSA) is 251 Å². The molecular weight excluding hydrogens is 450 g/mol. The quantitative estimate of drug-likeness (QED) is 0.0789. The van der Waals surface area contributed by atoms with Crippen LogP contribution in [0.2, 0.25) is 0 Å². The van der Waals surface area contributed by atoms with Gasteiger partial charge in [-0.1, -0.05) is 0 Å². The van der Waals surface area contributed by atoms with Crippen molar-refractivity contribution in [3.05, 3.63) is 0 Å². The van der Waals surface area contributed by atoms with E-state index >= 15 is 0 Å². The molecule has 0 heterocycles. The molecule has 0 spiro atoms. The highest BCUT2D eigenvalue weighted by Crippen LogP contribution is 2.04. The van der Waals surface area contributed by atoms with E-state index in [0.29, 0.717) is 19.4 Å². The number of carbonyl (C=O) groups is 6. The molecule has 0 aliphatic heterocycles. The van der Waals surface area contributed by atoms with E-state index in [0.717, 1.165) is 0 Å². The summed E-state index contributed by atoms with van der Waals surface area (Å²) in [6.45, 7) is 0.324. The normalized spacial score (nSPS) is 14.3. The highest BCUT2D eigenvalue weighted by molar-refractivity contribution is 7.80. The van der Waals surface area contributed by atoms with E-state index in [1.165, 1.54) is 0 Å². The summed E-state index contributed by atoms with van der Waals surface area (Å²) in [5.74, 6) is -7.42. The van der Waals surface area contributed by atoms with Crippen LogP contribution in [0.25, 0.3) is 0 Å². The zero-order valence-corrected chi connectivity index (χ0v) is 18.0. The van der Waals surface area contributed by atoms with Crippen LogP contribution in [-0.2, 0) is 28.8 Å². The number of hydrogen-bond donors (Lipinski definition) is 9. The molecule has 4 atom stereocenters. The number of aliphatic carboxylic acids is 3. The van der Waals surface area contributed by atoms with Gasteiger partial charge in [-0.15, -0.1) is 0 Å². The number of hydrogen-bond acceptors (Lipinski definition) is 9. The minimum atomic E-state index is -1.65. The number of unbranched alkanes of at least 4 members (excludes halogenated alkanes) is 1. The number of nitrogens with one attached hydrogen (secondary N) is 3. The second kappa shape index (κ2) is 15.0. The van der Waals surface area contributed by atoms with Gasteiger partial charge >= 0.3 is 17.9 Å². The van der Waals surface area contributed by atoms with Gasteiger partial charge in [-0.2, -0.15) is 12.6 Å². The van der Waals surface area contributed by atoms with Crippen LogP contribution in [0.5, 0.6) is 0 Å². The van der Waals surface area contributed by atoms with Crippen molar-refractivity contribution in [2.45, 2.75) is 56.3 Å². The lowest BCUT2D eigenvalue weighted by atomic mass is 10.1. The van der Waals surface area contributed by atoms with Crippen LogP contribution >= 0.6 is 12.6 Å². The third-order valence-corrected chi connectivity index (χ3v) is 4.49. The van der Waals surface area contributed by atoms with E-state index in [1.807, 2.05) is 0 Å². The molecule has 15 heteroatoms. The lowest BCUT2D eigenvalue weighted by molar-refractivity contribution is -0.143. The number of thiol groups is 1. The number of nitrogens with two attached hydrogens (primary N) is 2. The molecule has 0 aliphatic carbocycles. The predicted octanol–water partition coefficient (Wildman–Crippen LogP) is -3.14. The van der Waals surface area contributed by atoms with Crippen LogP contribution in [0.1, 0.15) is 32.1 Å². The monoisotopic (exact) mass is 479 g/mol. The van der Waals surface area contributed by atoms with Gasteiger partial charge in [0.15, 0.2) is 0 Å². The van der Waals surface area contributed by atoms with Gasteiger partial charge in [0, 0.05) is 5.75 Å². The molecule has 4 unspecified atom stereocenters. The summed E-state index contributed by atoms with van der Waals surface area (Å²) in [6, 6.07) is -5.79. The Morgan fingerprint density at radius 3 is 1.72 bits per heavy atom. The maximum absolute atomic E-state index is 12.5. The molecule has 0 aromatic heterocycles. The van der Waals surface area contributed by atoms with Gasteiger partial charge < -0.3 is 42.7 Å². The van der Waals surface area contributed by atoms with Crippen LogP contribution in [0.15, 0.2) is 0 Å². The summed E-state index contributed by atoms with van der Waals surface area (Å²) in [5, 5.41) is 33.4. The fourth-order valence-corrected chi connectivity index (χ4v) is 2.69. The third-order valence-electron chi connectivity index (χ3n) is 4.12. The second-order valence-electron chi connectivity index (χ2n) is 6.79. The standard InChI is InChI=1S/C17H29N5O9S/c18-4-2-1-3-9(17(30)31)20-15(28)10(6-13(25)26)21-16(29)11(7-32)22-14(27)8(19)5-12(23)24/h8-11,32H,1-7,18-19H2,(H,20,28)(H,21,29)(H,22,27)(H,23,24)(H,25,26)(H,30,31). The van der Waals surface area contributed by atoms with Crippen molar-refractivity contribution in [2.75, 3.05) is 12.3 Å². The molecule has 0 aliphatic rings. The number of carbonyl (C=O) groups excluding carboxylic acids is 3. The Bertz CT molecular complexity index is 706. The Labute approximate surface area is 188 Å². The summed E-state index contributed by atoms with van der Waals surface area (Å²) in [4.78, 5) is 69.9. The largest absolute Gasteiger partial charge is 0.481 e. The SMILES string of the molecule is NCCCCC(NC(=O)C(CC(=O)O)NC(=O)C(CS)NC(=O)C(N)CC(=O)O)C(=O)O. The molecule has 0 rings (SSSR count). The van der Waals surface area contributed by atoms with Gasteiger partial charge in [-0.05, 0) is 25.8 Å². The molecule has 0 bridgehead atoms. The zero-order valence-electron chi connectivity index (χ0n) is 17.2. The number of carboxylic acids is 3. The van der Waals surface area contributed by atoms with E-state index in [4.69, 9.17) is 21.7 Å². The number of rotatable bonds is 16. The Hall–Kier alpha value is -2.91. The molecule has 14 nitrogen and oxygen atoms in total. The Morgan fingerprint density at radius 1 is 0.750 bits per heavy atom.